The largest absolute Gasteiger partial charge is 0.508 e. The number of sulfonamides is 1. The second kappa shape index (κ2) is 7.22. The fourth-order valence-corrected chi connectivity index (χ4v) is 5.70. The SMILES string of the molecule is CS(=O)(=O)N1C[C@H]2CN(C(=O)Cc3ccccc3O)C[C@H]2[C@@H]1c1ccccc1. The average Bonchev–Trinajstić information content (AvgIpc) is 3.22. The average molecular weight is 401 g/mol. The summed E-state index contributed by atoms with van der Waals surface area (Å²) in [6, 6.07) is 16.3. The Kier molecular flexibility index (Phi) is 4.89. The number of rotatable bonds is 4. The van der Waals surface area contributed by atoms with Crippen LogP contribution in [0.3, 0.4) is 0 Å². The Balaban J connectivity index is 1.55. The molecule has 2 heterocycles. The van der Waals surface area contributed by atoms with Gasteiger partial charge in [-0.2, -0.15) is 4.31 Å². The molecule has 6 nitrogen and oxygen atoms in total. The predicted molar refractivity (Wildman–Crippen MR) is 106 cm³/mol. The molecule has 2 fully saturated rings. The lowest BCUT2D eigenvalue weighted by Crippen LogP contribution is -2.37. The minimum atomic E-state index is -3.34. The van der Waals surface area contributed by atoms with Crippen LogP contribution in [0, 0.1) is 11.8 Å². The van der Waals surface area contributed by atoms with Crippen LogP contribution in [-0.2, 0) is 21.2 Å². The molecule has 0 radical (unpaired) electrons. The number of carbonyl (C=O) groups excluding carboxylic acids is 1. The topological polar surface area (TPSA) is 77.9 Å². The normalized spacial score (nSPS) is 25.0. The molecule has 2 aromatic carbocycles. The number of fused-ring (bicyclic) bond motifs is 1. The number of para-hydroxylation sites is 1. The summed E-state index contributed by atoms with van der Waals surface area (Å²) in [5.41, 5.74) is 1.58. The molecule has 2 aliphatic rings. The van der Waals surface area contributed by atoms with Gasteiger partial charge in [0.25, 0.3) is 0 Å². The predicted octanol–water partition coefficient (Wildman–Crippen LogP) is 2.03. The van der Waals surface area contributed by atoms with E-state index in [1.54, 1.807) is 28.6 Å². The number of carbonyl (C=O) groups is 1. The van der Waals surface area contributed by atoms with E-state index < -0.39 is 10.0 Å². The molecule has 2 aromatic rings. The molecule has 2 aliphatic heterocycles. The van der Waals surface area contributed by atoms with Crippen LogP contribution in [0.1, 0.15) is 17.2 Å². The van der Waals surface area contributed by atoms with Crippen LogP contribution in [-0.4, -0.2) is 54.5 Å². The van der Waals surface area contributed by atoms with E-state index in [0.717, 1.165) is 5.56 Å². The number of hydrogen-bond acceptors (Lipinski definition) is 4. The quantitative estimate of drug-likeness (QED) is 0.852. The van der Waals surface area contributed by atoms with Crippen LogP contribution >= 0.6 is 0 Å². The highest BCUT2D eigenvalue weighted by Gasteiger charge is 2.51. The molecule has 2 saturated heterocycles. The van der Waals surface area contributed by atoms with Crippen molar-refractivity contribution >= 4 is 15.9 Å². The number of likely N-dealkylation sites (tertiary alicyclic amines) is 1. The zero-order valence-electron chi connectivity index (χ0n) is 15.7. The van der Waals surface area contributed by atoms with Gasteiger partial charge in [0.1, 0.15) is 5.75 Å². The van der Waals surface area contributed by atoms with E-state index in [1.807, 2.05) is 35.2 Å². The lowest BCUT2D eigenvalue weighted by molar-refractivity contribution is -0.129. The Labute approximate surface area is 165 Å². The maximum Gasteiger partial charge on any atom is 0.227 e. The van der Waals surface area contributed by atoms with Crippen molar-refractivity contribution in [2.24, 2.45) is 11.8 Å². The van der Waals surface area contributed by atoms with E-state index in [9.17, 15) is 18.3 Å². The van der Waals surface area contributed by atoms with E-state index >= 15 is 0 Å². The first kappa shape index (κ1) is 19.0. The van der Waals surface area contributed by atoms with Gasteiger partial charge in [-0.15, -0.1) is 0 Å². The summed E-state index contributed by atoms with van der Waals surface area (Å²) in [6.45, 7) is 1.51. The molecule has 148 valence electrons. The molecule has 0 aromatic heterocycles. The van der Waals surface area contributed by atoms with Gasteiger partial charge >= 0.3 is 0 Å². The Hall–Kier alpha value is -2.38. The molecule has 1 N–H and O–H groups in total. The van der Waals surface area contributed by atoms with Crippen molar-refractivity contribution in [3.8, 4) is 5.75 Å². The molecule has 0 unspecified atom stereocenters. The highest BCUT2D eigenvalue weighted by atomic mass is 32.2. The summed E-state index contributed by atoms with van der Waals surface area (Å²) in [4.78, 5) is 14.6. The van der Waals surface area contributed by atoms with Crippen molar-refractivity contribution in [3.05, 3.63) is 65.7 Å². The smallest absolute Gasteiger partial charge is 0.227 e. The van der Waals surface area contributed by atoms with Crippen LogP contribution in [0.2, 0.25) is 0 Å². The standard InChI is InChI=1S/C21H24N2O4S/c1-28(26,27)23-13-17-12-22(20(25)11-16-9-5-6-10-19(16)24)14-18(17)21(23)15-7-3-2-4-8-15/h2-10,17-18,21,24H,11-14H2,1H3/t17-,18-,21+/m1/s1. The fourth-order valence-electron chi connectivity index (χ4n) is 4.55. The molecule has 0 aliphatic carbocycles. The molecule has 0 bridgehead atoms. The molecule has 1 amide bonds. The second-order valence-corrected chi connectivity index (χ2v) is 9.65. The monoisotopic (exact) mass is 400 g/mol. The van der Waals surface area contributed by atoms with Gasteiger partial charge in [-0.3, -0.25) is 4.79 Å². The van der Waals surface area contributed by atoms with Crippen molar-refractivity contribution in [1.29, 1.82) is 0 Å². The summed E-state index contributed by atoms with van der Waals surface area (Å²) in [7, 11) is -3.34. The third-order valence-corrected chi connectivity index (χ3v) is 7.10. The van der Waals surface area contributed by atoms with Crippen molar-refractivity contribution in [2.45, 2.75) is 12.5 Å². The molecular weight excluding hydrogens is 376 g/mol. The van der Waals surface area contributed by atoms with Gasteiger partial charge in [-0.1, -0.05) is 48.5 Å². The Bertz CT molecular complexity index is 977. The van der Waals surface area contributed by atoms with Crippen molar-refractivity contribution in [1.82, 2.24) is 9.21 Å². The first-order valence-corrected chi connectivity index (χ1v) is 11.3. The molecule has 28 heavy (non-hydrogen) atoms. The first-order valence-electron chi connectivity index (χ1n) is 9.41. The third-order valence-electron chi connectivity index (χ3n) is 5.87. The van der Waals surface area contributed by atoms with Gasteiger partial charge in [0, 0.05) is 31.1 Å². The van der Waals surface area contributed by atoms with E-state index in [2.05, 4.69) is 0 Å². The number of hydrogen-bond donors (Lipinski definition) is 1. The third kappa shape index (κ3) is 3.52. The summed E-state index contributed by atoms with van der Waals surface area (Å²) in [5.74, 6) is 0.285. The molecular formula is C21H24N2O4S. The van der Waals surface area contributed by atoms with E-state index in [-0.39, 0.29) is 36.0 Å². The van der Waals surface area contributed by atoms with Crippen LogP contribution in [0.4, 0.5) is 0 Å². The van der Waals surface area contributed by atoms with Gasteiger partial charge < -0.3 is 10.0 Å². The Morgan fingerprint density at radius 1 is 1.04 bits per heavy atom. The summed E-state index contributed by atoms with van der Waals surface area (Å²) < 4.78 is 26.3. The number of amides is 1. The number of phenolic OH excluding ortho intramolecular Hbond substituents is 1. The van der Waals surface area contributed by atoms with Gasteiger partial charge in [-0.25, -0.2) is 8.42 Å². The zero-order chi connectivity index (χ0) is 19.9. The van der Waals surface area contributed by atoms with E-state index in [4.69, 9.17) is 0 Å². The number of phenols is 1. The van der Waals surface area contributed by atoms with Crippen LogP contribution in [0.15, 0.2) is 54.6 Å². The lowest BCUT2D eigenvalue weighted by Gasteiger charge is -2.28. The number of aromatic hydroxyl groups is 1. The van der Waals surface area contributed by atoms with Gasteiger partial charge in [0.15, 0.2) is 0 Å². The maximum atomic E-state index is 12.8. The highest BCUT2D eigenvalue weighted by molar-refractivity contribution is 7.88. The van der Waals surface area contributed by atoms with Gasteiger partial charge in [-0.05, 0) is 17.5 Å². The molecule has 3 atom stereocenters. The summed E-state index contributed by atoms with van der Waals surface area (Å²) in [5, 5.41) is 9.93. The van der Waals surface area contributed by atoms with Gasteiger partial charge in [0.2, 0.25) is 15.9 Å². The summed E-state index contributed by atoms with van der Waals surface area (Å²) in [6.07, 6.45) is 1.41. The molecule has 0 saturated carbocycles. The van der Waals surface area contributed by atoms with Crippen molar-refractivity contribution in [3.63, 3.8) is 0 Å². The Morgan fingerprint density at radius 2 is 1.71 bits per heavy atom. The van der Waals surface area contributed by atoms with Crippen molar-refractivity contribution in [2.75, 3.05) is 25.9 Å². The van der Waals surface area contributed by atoms with Crippen LogP contribution < -0.4 is 0 Å². The summed E-state index contributed by atoms with van der Waals surface area (Å²) >= 11 is 0. The zero-order valence-corrected chi connectivity index (χ0v) is 16.5. The van der Waals surface area contributed by atoms with Gasteiger partial charge in [0.05, 0.1) is 18.7 Å². The van der Waals surface area contributed by atoms with Crippen molar-refractivity contribution < 1.29 is 18.3 Å². The lowest BCUT2D eigenvalue weighted by atomic mass is 9.90. The molecule has 7 heteroatoms. The second-order valence-electron chi connectivity index (χ2n) is 7.72. The molecule has 0 spiro atoms. The van der Waals surface area contributed by atoms with Crippen LogP contribution in [0.25, 0.3) is 0 Å². The number of benzene rings is 2. The van der Waals surface area contributed by atoms with E-state index in [1.165, 1.54) is 6.26 Å². The maximum absolute atomic E-state index is 12.8. The van der Waals surface area contributed by atoms with E-state index in [0.29, 0.717) is 25.2 Å². The molecule has 4 rings (SSSR count). The highest BCUT2D eigenvalue weighted by Crippen LogP contribution is 2.46. The minimum absolute atomic E-state index is 0.0337. The van der Waals surface area contributed by atoms with Crippen LogP contribution in [0.5, 0.6) is 5.75 Å². The minimum Gasteiger partial charge on any atom is -0.508 e. The number of nitrogens with zero attached hydrogens (tertiary/aromatic N) is 2. The fraction of sp³-hybridized carbons (Fsp3) is 0.381. The Morgan fingerprint density at radius 3 is 2.39 bits per heavy atom. The first-order chi connectivity index (χ1) is 13.3.